The van der Waals surface area contributed by atoms with Crippen molar-refractivity contribution in [2.45, 2.75) is 25.9 Å². The molecule has 108 valence electrons. The topological polar surface area (TPSA) is 75.8 Å². The number of aromatic nitrogens is 1. The summed E-state index contributed by atoms with van der Waals surface area (Å²) in [5, 5.41) is 9.19. The van der Waals surface area contributed by atoms with Crippen LogP contribution in [0, 0.1) is 0 Å². The van der Waals surface area contributed by atoms with E-state index in [4.69, 9.17) is 9.15 Å². The van der Waals surface area contributed by atoms with E-state index in [1.54, 1.807) is 12.1 Å². The fourth-order valence-corrected chi connectivity index (χ4v) is 2.60. The van der Waals surface area contributed by atoms with Crippen LogP contribution >= 0.6 is 0 Å². The van der Waals surface area contributed by atoms with Gasteiger partial charge >= 0.3 is 24.8 Å². The number of carboxylic acids is 1. The summed E-state index contributed by atoms with van der Waals surface area (Å²) in [7, 11) is 0. The summed E-state index contributed by atoms with van der Waals surface area (Å²) in [5.41, 5.74) is 1.04. The van der Waals surface area contributed by atoms with Gasteiger partial charge in [0.05, 0.1) is 30.9 Å². The Morgan fingerprint density at radius 2 is 2.05 bits per heavy atom. The second-order valence-electron chi connectivity index (χ2n) is 5.10. The molecule has 1 saturated heterocycles. The Morgan fingerprint density at radius 3 is 2.67 bits per heavy atom. The number of ether oxygens (including phenoxy) is 1. The molecule has 0 amide bonds. The smallest absolute Gasteiger partial charge is 1.00 e. The van der Waals surface area contributed by atoms with Crippen molar-refractivity contribution in [3.63, 3.8) is 0 Å². The van der Waals surface area contributed by atoms with Crippen LogP contribution in [0.1, 0.15) is 25.6 Å². The van der Waals surface area contributed by atoms with Crippen LogP contribution in [0.2, 0.25) is 0 Å². The maximum atomic E-state index is 11.2. The molecule has 6 nitrogen and oxygen atoms in total. The van der Waals surface area contributed by atoms with E-state index in [2.05, 4.69) is 4.98 Å². The van der Waals surface area contributed by atoms with Crippen LogP contribution in [0.5, 0.6) is 0 Å². The minimum absolute atomic E-state index is 0. The van der Waals surface area contributed by atoms with Crippen LogP contribution < -0.4 is 23.8 Å². The quantitative estimate of drug-likeness (QED) is 0.732. The van der Waals surface area contributed by atoms with Crippen molar-refractivity contribution >= 4 is 23.1 Å². The van der Waals surface area contributed by atoms with Gasteiger partial charge in [0.25, 0.3) is 6.01 Å². The van der Waals surface area contributed by atoms with Crippen molar-refractivity contribution in [3.8, 4) is 0 Å². The Labute approximate surface area is 135 Å². The number of carboxylic acid groups (broad SMARTS) is 1. The first-order valence-electron chi connectivity index (χ1n) is 6.57. The van der Waals surface area contributed by atoms with Gasteiger partial charge in [-0.2, -0.15) is 4.98 Å². The van der Waals surface area contributed by atoms with E-state index < -0.39 is 5.97 Å². The van der Waals surface area contributed by atoms with Gasteiger partial charge in [-0.05, 0) is 26.0 Å². The van der Waals surface area contributed by atoms with Gasteiger partial charge in [-0.1, -0.05) is 6.07 Å². The normalized spacial score (nSPS) is 22.1. The largest absolute Gasteiger partial charge is 1.00 e. The Hall–Kier alpha value is -1.48. The molecule has 2 atom stereocenters. The number of rotatable bonds is 2. The summed E-state index contributed by atoms with van der Waals surface area (Å²) < 4.78 is 11.2. The molecule has 1 fully saturated rings. The van der Waals surface area contributed by atoms with Crippen LogP contribution in [0.25, 0.3) is 11.1 Å². The van der Waals surface area contributed by atoms with E-state index in [1.165, 1.54) is 6.07 Å². The Balaban J connectivity index is 0.00000121. The zero-order chi connectivity index (χ0) is 14.3. The molecular weight excluding hydrogens is 267 g/mol. The van der Waals surface area contributed by atoms with Crippen LogP contribution in [-0.2, 0) is 4.74 Å². The summed E-state index contributed by atoms with van der Waals surface area (Å²) in [4.78, 5) is 17.6. The number of hydrogen-bond donors (Lipinski definition) is 1. The number of oxazole rings is 1. The van der Waals surface area contributed by atoms with Crippen LogP contribution in [0.4, 0.5) is 6.01 Å². The van der Waals surface area contributed by atoms with Crippen LogP contribution in [-0.4, -0.2) is 41.4 Å². The molecule has 0 spiro atoms. The number of anilines is 1. The van der Waals surface area contributed by atoms with Crippen molar-refractivity contribution in [1.29, 1.82) is 0 Å². The van der Waals surface area contributed by atoms with Gasteiger partial charge in [-0.15, -0.1) is 0 Å². The zero-order valence-electron chi connectivity index (χ0n) is 13.4. The van der Waals surface area contributed by atoms with E-state index in [0.29, 0.717) is 30.3 Å². The first kappa shape index (κ1) is 15.9. The molecule has 1 aliphatic rings. The molecule has 21 heavy (non-hydrogen) atoms. The fourth-order valence-electron chi connectivity index (χ4n) is 2.60. The number of aromatic carboxylic acids is 1. The number of fused-ring (bicyclic) bond motifs is 1. The van der Waals surface area contributed by atoms with E-state index in [0.717, 1.165) is 0 Å². The molecule has 7 heteroatoms. The minimum atomic E-state index is -1.00. The number of carbonyl (C=O) groups is 1. The molecule has 1 N–H and O–H groups in total. The second-order valence-corrected chi connectivity index (χ2v) is 5.10. The SMILES string of the molecule is C[C@H]1COC[C@H](C)N1c1nc2c(C(=O)O)cccc2o1.[H-].[Li+]. The molecule has 2 aromatic rings. The molecular formula is C14H17LiN2O4. The third-order valence-corrected chi connectivity index (χ3v) is 3.53. The van der Waals surface area contributed by atoms with Gasteiger partial charge in [0.2, 0.25) is 0 Å². The second kappa shape index (κ2) is 6.10. The van der Waals surface area contributed by atoms with Gasteiger partial charge < -0.3 is 20.6 Å². The average molecular weight is 284 g/mol. The molecule has 1 aromatic heterocycles. The number of morpholine rings is 1. The molecule has 1 aromatic carbocycles. The Kier molecular flexibility index (Phi) is 4.62. The van der Waals surface area contributed by atoms with Gasteiger partial charge in [-0.3, -0.25) is 0 Å². The van der Waals surface area contributed by atoms with Crippen LogP contribution in [0.15, 0.2) is 22.6 Å². The predicted molar refractivity (Wildman–Crippen MR) is 74.3 cm³/mol. The third-order valence-electron chi connectivity index (χ3n) is 3.53. The standard InChI is InChI=1S/C14H16N2O4.Li.H/c1-8-6-19-7-9(2)16(8)14-15-12-10(13(17)18)4-3-5-11(12)20-14;;/h3-5,8-9H,6-7H2,1-2H3,(H,17,18);;/q;+1;-1/t8-,9-;;/m0../s1. The third kappa shape index (κ3) is 2.79. The van der Waals surface area contributed by atoms with Crippen molar-refractivity contribution in [3.05, 3.63) is 23.8 Å². The van der Waals surface area contributed by atoms with E-state index in [9.17, 15) is 9.90 Å². The number of hydrogen-bond acceptors (Lipinski definition) is 5. The van der Waals surface area contributed by atoms with Crippen molar-refractivity contribution in [2.24, 2.45) is 0 Å². The zero-order valence-corrected chi connectivity index (χ0v) is 12.4. The number of nitrogens with zero attached hydrogens (tertiary/aromatic N) is 2. The van der Waals surface area contributed by atoms with Crippen molar-refractivity contribution < 1.29 is 39.3 Å². The number of benzene rings is 1. The van der Waals surface area contributed by atoms with Gasteiger partial charge in [0.1, 0.15) is 5.52 Å². The molecule has 0 aliphatic carbocycles. The fraction of sp³-hybridized carbons (Fsp3) is 0.429. The minimum Gasteiger partial charge on any atom is -1.00 e. The summed E-state index contributed by atoms with van der Waals surface area (Å²) >= 11 is 0. The van der Waals surface area contributed by atoms with Crippen molar-refractivity contribution in [2.75, 3.05) is 18.1 Å². The molecule has 0 bridgehead atoms. The molecule has 0 radical (unpaired) electrons. The molecule has 3 rings (SSSR count). The van der Waals surface area contributed by atoms with E-state index in [1.807, 2.05) is 18.7 Å². The molecule has 0 unspecified atom stereocenters. The molecule has 2 heterocycles. The van der Waals surface area contributed by atoms with Crippen LogP contribution in [0.3, 0.4) is 0 Å². The van der Waals surface area contributed by atoms with Gasteiger partial charge in [0, 0.05) is 0 Å². The van der Waals surface area contributed by atoms with E-state index >= 15 is 0 Å². The monoisotopic (exact) mass is 284 g/mol. The van der Waals surface area contributed by atoms with Gasteiger partial charge in [0.15, 0.2) is 5.58 Å². The summed E-state index contributed by atoms with van der Waals surface area (Å²) in [6.07, 6.45) is 0. The summed E-state index contributed by atoms with van der Waals surface area (Å²) in [6, 6.07) is 5.65. The van der Waals surface area contributed by atoms with Gasteiger partial charge in [-0.25, -0.2) is 4.79 Å². The summed E-state index contributed by atoms with van der Waals surface area (Å²) in [6.45, 7) is 5.27. The number of para-hydroxylation sites is 1. The summed E-state index contributed by atoms with van der Waals surface area (Å²) in [5.74, 6) is -1.00. The van der Waals surface area contributed by atoms with Crippen molar-refractivity contribution in [1.82, 2.24) is 4.98 Å². The maximum absolute atomic E-state index is 11.2. The first-order valence-corrected chi connectivity index (χ1v) is 6.57. The maximum Gasteiger partial charge on any atom is 1.00 e. The van der Waals surface area contributed by atoms with E-state index in [-0.39, 0.29) is 37.9 Å². The Bertz CT molecular complexity index is 653. The predicted octanol–water partition coefficient (Wildman–Crippen LogP) is -0.744. The average Bonchev–Trinajstić information content (AvgIpc) is 2.81. The molecule has 1 aliphatic heterocycles. The Morgan fingerprint density at radius 1 is 1.38 bits per heavy atom. The molecule has 0 saturated carbocycles. The first-order chi connectivity index (χ1) is 9.58.